The van der Waals surface area contributed by atoms with E-state index in [0.29, 0.717) is 6.54 Å². The van der Waals surface area contributed by atoms with Gasteiger partial charge in [0.15, 0.2) is 0 Å². The van der Waals surface area contributed by atoms with Crippen LogP contribution in [0.2, 0.25) is 0 Å². The van der Waals surface area contributed by atoms with Gasteiger partial charge in [-0.2, -0.15) is 0 Å². The van der Waals surface area contributed by atoms with Crippen LogP contribution in [0.3, 0.4) is 0 Å². The summed E-state index contributed by atoms with van der Waals surface area (Å²) in [5.41, 5.74) is 1.08. The molecule has 0 radical (unpaired) electrons. The number of carbonyl (C=O) groups is 1. The quantitative estimate of drug-likeness (QED) is 0.734. The molecular weight excluding hydrogens is 170 g/mol. The van der Waals surface area contributed by atoms with Crippen molar-refractivity contribution >= 4 is 6.09 Å². The Hall–Kier alpha value is -1.52. The molecule has 72 valence electrons. The maximum atomic E-state index is 10.7. The molecule has 0 saturated carbocycles. The topological polar surface area (TPSA) is 56.1 Å². The monoisotopic (exact) mass is 183 g/mol. The van der Waals surface area contributed by atoms with Gasteiger partial charge in [0.05, 0.1) is 13.4 Å². The summed E-state index contributed by atoms with van der Waals surface area (Å²) in [5.74, 6) is 0. The third-order valence-corrected chi connectivity index (χ3v) is 1.75. The van der Waals surface area contributed by atoms with Gasteiger partial charge in [-0.1, -0.05) is 0 Å². The van der Waals surface area contributed by atoms with Crippen LogP contribution in [0.15, 0.2) is 12.5 Å². The minimum absolute atomic E-state index is 0.401. The second-order valence-corrected chi connectivity index (χ2v) is 2.66. The molecule has 1 aromatic rings. The highest BCUT2D eigenvalue weighted by molar-refractivity contribution is 5.66. The molecule has 0 bridgehead atoms. The molecule has 1 rings (SSSR count). The SMILES string of the molecule is COC(=O)NCCc1cncn1C. The fourth-order valence-corrected chi connectivity index (χ4v) is 0.990. The van der Waals surface area contributed by atoms with Crippen LogP contribution in [-0.2, 0) is 18.2 Å². The van der Waals surface area contributed by atoms with E-state index in [2.05, 4.69) is 15.0 Å². The van der Waals surface area contributed by atoms with E-state index in [1.54, 1.807) is 12.5 Å². The van der Waals surface area contributed by atoms with Crippen LogP contribution in [0.5, 0.6) is 0 Å². The van der Waals surface area contributed by atoms with Crippen molar-refractivity contribution in [1.82, 2.24) is 14.9 Å². The Balaban J connectivity index is 2.28. The van der Waals surface area contributed by atoms with Crippen molar-refractivity contribution in [1.29, 1.82) is 0 Å². The number of hydrogen-bond acceptors (Lipinski definition) is 3. The molecule has 0 spiro atoms. The van der Waals surface area contributed by atoms with Gasteiger partial charge in [0.2, 0.25) is 0 Å². The molecule has 1 amide bonds. The molecule has 0 saturated heterocycles. The van der Waals surface area contributed by atoms with Crippen molar-refractivity contribution in [2.75, 3.05) is 13.7 Å². The summed E-state index contributed by atoms with van der Waals surface area (Å²) >= 11 is 0. The second kappa shape index (κ2) is 4.49. The average Bonchev–Trinajstić information content (AvgIpc) is 2.52. The highest BCUT2D eigenvalue weighted by Gasteiger charge is 2.00. The van der Waals surface area contributed by atoms with E-state index >= 15 is 0 Å². The largest absolute Gasteiger partial charge is 0.453 e. The number of aryl methyl sites for hydroxylation is 1. The lowest BCUT2D eigenvalue weighted by molar-refractivity contribution is 0.171. The number of imidazole rings is 1. The van der Waals surface area contributed by atoms with E-state index in [4.69, 9.17) is 0 Å². The fraction of sp³-hybridized carbons (Fsp3) is 0.500. The predicted octanol–water partition coefficient (Wildman–Crippen LogP) is 0.319. The summed E-state index contributed by atoms with van der Waals surface area (Å²) in [6.45, 7) is 0.562. The van der Waals surface area contributed by atoms with Crippen LogP contribution >= 0.6 is 0 Å². The number of ether oxygens (including phenoxy) is 1. The van der Waals surface area contributed by atoms with Crippen molar-refractivity contribution in [3.8, 4) is 0 Å². The molecule has 1 aromatic heterocycles. The maximum Gasteiger partial charge on any atom is 0.406 e. The summed E-state index contributed by atoms with van der Waals surface area (Å²) in [6, 6.07) is 0. The molecule has 0 aliphatic heterocycles. The first-order valence-electron chi connectivity index (χ1n) is 4.01. The Morgan fingerprint density at radius 1 is 1.77 bits per heavy atom. The first-order chi connectivity index (χ1) is 6.24. The first kappa shape index (κ1) is 9.57. The first-order valence-corrected chi connectivity index (χ1v) is 4.01. The van der Waals surface area contributed by atoms with Crippen molar-refractivity contribution in [3.05, 3.63) is 18.2 Å². The van der Waals surface area contributed by atoms with Crippen molar-refractivity contribution in [2.24, 2.45) is 7.05 Å². The van der Waals surface area contributed by atoms with Gasteiger partial charge in [0.1, 0.15) is 0 Å². The van der Waals surface area contributed by atoms with Gasteiger partial charge in [-0.25, -0.2) is 9.78 Å². The summed E-state index contributed by atoms with van der Waals surface area (Å²) in [6.07, 6.45) is 3.86. The standard InChI is InChI=1S/C8H13N3O2/c1-11-6-9-5-7(11)3-4-10-8(12)13-2/h5-6H,3-4H2,1-2H3,(H,10,12). The fourth-order valence-electron chi connectivity index (χ4n) is 0.990. The number of nitrogens with one attached hydrogen (secondary N) is 1. The van der Waals surface area contributed by atoms with E-state index in [0.717, 1.165) is 12.1 Å². The number of amides is 1. The van der Waals surface area contributed by atoms with Crippen molar-refractivity contribution in [2.45, 2.75) is 6.42 Å². The van der Waals surface area contributed by atoms with E-state index in [1.165, 1.54) is 7.11 Å². The van der Waals surface area contributed by atoms with Gasteiger partial charge >= 0.3 is 6.09 Å². The van der Waals surface area contributed by atoms with Crippen LogP contribution in [0.25, 0.3) is 0 Å². The zero-order valence-electron chi connectivity index (χ0n) is 7.78. The third-order valence-electron chi connectivity index (χ3n) is 1.75. The van der Waals surface area contributed by atoms with Crippen molar-refractivity contribution in [3.63, 3.8) is 0 Å². The number of hydrogen-bond donors (Lipinski definition) is 1. The van der Waals surface area contributed by atoms with Crippen LogP contribution < -0.4 is 5.32 Å². The number of alkyl carbamates (subject to hydrolysis) is 1. The molecule has 0 unspecified atom stereocenters. The molecule has 0 aliphatic rings. The molecule has 0 aliphatic carbocycles. The molecule has 1 heterocycles. The van der Waals surface area contributed by atoms with E-state index in [1.807, 2.05) is 11.6 Å². The lowest BCUT2D eigenvalue weighted by atomic mass is 10.3. The molecule has 0 fully saturated rings. The predicted molar refractivity (Wildman–Crippen MR) is 47.3 cm³/mol. The number of rotatable bonds is 3. The Labute approximate surface area is 76.7 Å². The summed E-state index contributed by atoms with van der Waals surface area (Å²) < 4.78 is 6.34. The molecular formula is C8H13N3O2. The number of methoxy groups -OCH3 is 1. The molecule has 5 nitrogen and oxygen atoms in total. The van der Waals surface area contributed by atoms with E-state index in [9.17, 15) is 4.79 Å². The average molecular weight is 183 g/mol. The minimum atomic E-state index is -0.401. The molecule has 1 N–H and O–H groups in total. The number of nitrogens with zero attached hydrogens (tertiary/aromatic N) is 2. The molecule has 0 aromatic carbocycles. The zero-order valence-corrected chi connectivity index (χ0v) is 7.78. The Kier molecular flexibility index (Phi) is 3.31. The number of carbonyl (C=O) groups excluding carboxylic acids is 1. The minimum Gasteiger partial charge on any atom is -0.453 e. The summed E-state index contributed by atoms with van der Waals surface area (Å²) in [7, 11) is 3.26. The number of aromatic nitrogens is 2. The zero-order chi connectivity index (χ0) is 9.68. The van der Waals surface area contributed by atoms with Gasteiger partial charge in [-0.05, 0) is 0 Å². The lowest BCUT2D eigenvalue weighted by Gasteiger charge is -2.03. The maximum absolute atomic E-state index is 10.7. The summed E-state index contributed by atoms with van der Waals surface area (Å²) in [5, 5.41) is 2.60. The Morgan fingerprint density at radius 3 is 3.08 bits per heavy atom. The summed E-state index contributed by atoms with van der Waals surface area (Å²) in [4.78, 5) is 14.6. The highest BCUT2D eigenvalue weighted by atomic mass is 16.5. The normalized spacial score (nSPS) is 9.69. The second-order valence-electron chi connectivity index (χ2n) is 2.66. The van der Waals surface area contributed by atoms with E-state index < -0.39 is 6.09 Å². The van der Waals surface area contributed by atoms with Gasteiger partial charge in [-0.15, -0.1) is 0 Å². The van der Waals surface area contributed by atoms with Crippen molar-refractivity contribution < 1.29 is 9.53 Å². The Morgan fingerprint density at radius 2 is 2.54 bits per heavy atom. The van der Waals surface area contributed by atoms with Gasteiger partial charge in [0.25, 0.3) is 0 Å². The third kappa shape index (κ3) is 2.77. The molecule has 5 heteroatoms. The molecule has 13 heavy (non-hydrogen) atoms. The van der Waals surface area contributed by atoms with Crippen LogP contribution in [0, 0.1) is 0 Å². The van der Waals surface area contributed by atoms with Crippen LogP contribution in [0.4, 0.5) is 4.79 Å². The van der Waals surface area contributed by atoms with Crippen LogP contribution in [0.1, 0.15) is 5.69 Å². The Bertz CT molecular complexity index is 283. The highest BCUT2D eigenvalue weighted by Crippen LogP contribution is 1.95. The smallest absolute Gasteiger partial charge is 0.406 e. The van der Waals surface area contributed by atoms with Gasteiger partial charge < -0.3 is 14.6 Å². The van der Waals surface area contributed by atoms with Gasteiger partial charge in [-0.3, -0.25) is 0 Å². The molecule has 0 atom stereocenters. The van der Waals surface area contributed by atoms with Gasteiger partial charge in [0, 0.05) is 31.9 Å². The lowest BCUT2D eigenvalue weighted by Crippen LogP contribution is -2.25. The van der Waals surface area contributed by atoms with Crippen LogP contribution in [-0.4, -0.2) is 29.3 Å². The van der Waals surface area contributed by atoms with E-state index in [-0.39, 0.29) is 0 Å².